The average molecular weight is 572 g/mol. The number of oxime groups is 1. The molecule has 0 saturated carbocycles. The molecule has 19 heteroatoms. The summed E-state index contributed by atoms with van der Waals surface area (Å²) in [7, 11) is 0. The molecule has 2 aromatic rings. The van der Waals surface area contributed by atoms with Gasteiger partial charge in [0.25, 0.3) is 5.91 Å². The van der Waals surface area contributed by atoms with Crippen molar-refractivity contribution in [3.05, 3.63) is 11.1 Å². The number of β-lactam (4-membered cyclic amide) rings is 1. The molecule has 16 nitrogen and oxygen atoms in total. The van der Waals surface area contributed by atoms with Gasteiger partial charge in [-0.2, -0.15) is 0 Å². The van der Waals surface area contributed by atoms with Gasteiger partial charge in [-0.1, -0.05) is 16.9 Å². The van der Waals surface area contributed by atoms with E-state index >= 15 is 0 Å². The van der Waals surface area contributed by atoms with Gasteiger partial charge in [-0.3, -0.25) is 19.2 Å². The van der Waals surface area contributed by atoms with Crippen LogP contribution in [0.2, 0.25) is 0 Å². The lowest BCUT2D eigenvalue weighted by Crippen LogP contribution is -2.74. The minimum atomic E-state index is -1.34. The molecule has 2 unspecified atom stereocenters. The molecule has 4 heterocycles. The molecule has 0 aromatic carbocycles. The zero-order chi connectivity index (χ0) is 26.7. The smallest absolute Gasteiger partial charge is 0.325 e. The maximum absolute atomic E-state index is 12.9. The van der Waals surface area contributed by atoms with Gasteiger partial charge in [0.2, 0.25) is 11.1 Å². The summed E-state index contributed by atoms with van der Waals surface area (Å²) >= 11 is 3.34. The van der Waals surface area contributed by atoms with Gasteiger partial charge >= 0.3 is 11.9 Å². The molecule has 2 fully saturated rings. The first-order chi connectivity index (χ1) is 17.6. The van der Waals surface area contributed by atoms with Crippen LogP contribution >= 0.6 is 34.9 Å². The third-order valence-electron chi connectivity index (χ3n) is 5.41. The van der Waals surface area contributed by atoms with Crippen LogP contribution in [0.1, 0.15) is 12.6 Å². The van der Waals surface area contributed by atoms with Gasteiger partial charge in [-0.25, -0.2) is 9.67 Å². The summed E-state index contributed by atoms with van der Waals surface area (Å²) in [4.78, 5) is 59.5. The Kier molecular flexibility index (Phi) is 7.83. The highest BCUT2D eigenvalue weighted by atomic mass is 32.2. The first kappa shape index (κ1) is 26.6. The van der Waals surface area contributed by atoms with Crippen LogP contribution in [0.15, 0.2) is 15.7 Å². The summed E-state index contributed by atoms with van der Waals surface area (Å²) < 4.78 is 1.05. The summed E-state index contributed by atoms with van der Waals surface area (Å²) in [6.45, 7) is 1.34. The van der Waals surface area contributed by atoms with Crippen molar-refractivity contribution < 1.29 is 34.2 Å². The van der Waals surface area contributed by atoms with E-state index in [9.17, 15) is 24.3 Å². The molecule has 0 spiro atoms. The average Bonchev–Trinajstić information content (AvgIpc) is 3.49. The van der Waals surface area contributed by atoms with E-state index in [1.807, 2.05) is 0 Å². The van der Waals surface area contributed by atoms with Crippen LogP contribution in [0.4, 0.5) is 5.13 Å². The number of rotatable bonds is 11. The molecule has 5 N–H and O–H groups in total. The number of carboxylic acids is 2. The van der Waals surface area contributed by atoms with Gasteiger partial charge in [0.1, 0.15) is 35.7 Å². The molecule has 2 saturated heterocycles. The Morgan fingerprint density at radius 1 is 1.41 bits per heavy atom. The van der Waals surface area contributed by atoms with Gasteiger partial charge in [0, 0.05) is 23.4 Å². The van der Waals surface area contributed by atoms with E-state index in [-0.39, 0.29) is 46.4 Å². The van der Waals surface area contributed by atoms with E-state index in [4.69, 9.17) is 15.7 Å². The number of aromatic nitrogens is 5. The Morgan fingerprint density at radius 2 is 2.19 bits per heavy atom. The Labute approximate surface area is 221 Å². The maximum Gasteiger partial charge on any atom is 0.325 e. The topological polar surface area (TPSA) is 228 Å². The Hall–Kier alpha value is -3.45. The number of tetrazole rings is 1. The number of hydrogen-bond donors (Lipinski definition) is 4. The highest BCUT2D eigenvalue weighted by Crippen LogP contribution is 2.44. The zero-order valence-electron chi connectivity index (χ0n) is 19.1. The quantitative estimate of drug-likeness (QED) is 0.107. The van der Waals surface area contributed by atoms with E-state index in [1.165, 1.54) is 16.7 Å². The molecule has 2 aliphatic rings. The Morgan fingerprint density at radius 3 is 2.84 bits per heavy atom. The number of nitrogen functional groups attached to an aromatic ring is 1. The summed E-state index contributed by atoms with van der Waals surface area (Å²) in [5.74, 6) is -3.24. The van der Waals surface area contributed by atoms with Crippen LogP contribution in [0.25, 0.3) is 0 Å². The first-order valence-corrected chi connectivity index (χ1v) is 13.5. The van der Waals surface area contributed by atoms with Crippen molar-refractivity contribution in [1.29, 1.82) is 0 Å². The number of carbonyl (C=O) groups excluding carboxylic acids is 2. The molecule has 0 bridgehead atoms. The molecule has 0 aliphatic carbocycles. The van der Waals surface area contributed by atoms with E-state index in [2.05, 4.69) is 31.0 Å². The van der Waals surface area contributed by atoms with Crippen LogP contribution in [-0.2, 0) is 30.6 Å². The summed E-state index contributed by atoms with van der Waals surface area (Å²) in [5, 5.41) is 37.7. The van der Waals surface area contributed by atoms with Gasteiger partial charge in [0.15, 0.2) is 10.8 Å². The van der Waals surface area contributed by atoms with E-state index in [0.29, 0.717) is 0 Å². The zero-order valence-corrected chi connectivity index (χ0v) is 21.6. The number of thioether (sulfide) groups is 2. The Balaban J connectivity index is 1.42. The fourth-order valence-corrected chi connectivity index (χ4v) is 6.86. The van der Waals surface area contributed by atoms with Crippen LogP contribution < -0.4 is 11.1 Å². The van der Waals surface area contributed by atoms with Crippen LogP contribution in [0.5, 0.6) is 0 Å². The number of carboxylic acid groups (broad SMARTS) is 2. The van der Waals surface area contributed by atoms with E-state index in [1.54, 1.807) is 12.3 Å². The van der Waals surface area contributed by atoms with Gasteiger partial charge < -0.3 is 31.0 Å². The van der Waals surface area contributed by atoms with Gasteiger partial charge in [-0.15, -0.1) is 28.2 Å². The lowest BCUT2D eigenvalue weighted by atomic mass is 9.89. The minimum absolute atomic E-state index is 0.000733. The fourth-order valence-electron chi connectivity index (χ4n) is 3.58. The highest BCUT2D eigenvalue weighted by Gasteiger charge is 2.57. The predicted octanol–water partition coefficient (Wildman–Crippen LogP) is -1.20. The number of amides is 2. The monoisotopic (exact) mass is 571 g/mol. The molecule has 2 amide bonds. The minimum Gasteiger partial charge on any atom is -0.481 e. The predicted molar refractivity (Wildman–Crippen MR) is 131 cm³/mol. The number of fused-ring (bicyclic) bond motifs is 1. The number of aliphatic carboxylic acids is 2. The van der Waals surface area contributed by atoms with Crippen molar-refractivity contribution >= 4 is 69.5 Å². The summed E-state index contributed by atoms with van der Waals surface area (Å²) in [6.07, 6.45) is 0. The van der Waals surface area contributed by atoms with Gasteiger partial charge in [0.05, 0.1) is 0 Å². The molecule has 2 aromatic heterocycles. The van der Waals surface area contributed by atoms with Crippen LogP contribution in [0.3, 0.4) is 0 Å². The van der Waals surface area contributed by atoms with Crippen molar-refractivity contribution in [2.45, 2.75) is 30.0 Å². The second kappa shape index (κ2) is 10.9. The molecular formula is C18H21N9O7S3. The number of nitrogens with zero attached hydrogens (tertiary/aromatic N) is 7. The Bertz CT molecular complexity index is 1250. The van der Waals surface area contributed by atoms with Crippen molar-refractivity contribution in [3.63, 3.8) is 0 Å². The summed E-state index contributed by atoms with van der Waals surface area (Å²) in [6, 6.07) is -0.886. The summed E-state index contributed by atoms with van der Waals surface area (Å²) in [5.41, 5.74) is 4.40. The normalized spacial score (nSPS) is 23.2. The second-order valence-electron chi connectivity index (χ2n) is 7.93. The first-order valence-electron chi connectivity index (χ1n) is 10.6. The maximum atomic E-state index is 12.9. The molecule has 0 radical (unpaired) electrons. The molecular weight excluding hydrogens is 550 g/mol. The number of nitrogens with one attached hydrogen (secondary N) is 1. The molecule has 198 valence electrons. The van der Waals surface area contributed by atoms with Crippen molar-refractivity contribution in [3.8, 4) is 0 Å². The lowest BCUT2D eigenvalue weighted by molar-refractivity contribution is -0.157. The number of hydrogen-bond acceptors (Lipinski definition) is 14. The number of thiazole rings is 1. The fraction of sp³-hybridized carbons (Fsp3) is 0.500. The number of nitrogens with two attached hydrogens (primary N) is 1. The third-order valence-corrected chi connectivity index (χ3v) is 8.92. The lowest BCUT2D eigenvalue weighted by Gasteiger charge is -2.53. The SMILES string of the molecule is CCON=C(C(=O)NC1C(=O)N2CC(CSc3nnnn3CC(=O)O)(C(=O)O)CS[C@H]12)c1csc(N)n1. The molecule has 3 atom stereocenters. The second-order valence-corrected chi connectivity index (χ2v) is 10.9. The third kappa shape index (κ3) is 5.47. The molecule has 2 aliphatic heterocycles. The van der Waals surface area contributed by atoms with Crippen LogP contribution in [0, 0.1) is 5.41 Å². The van der Waals surface area contributed by atoms with E-state index < -0.39 is 47.1 Å². The standard InChI is InChI=1S/C18H21N9O7S3/c1-2-34-23-10(8-4-35-16(19)20-8)12(30)21-11-13(31)26-5-18(15(32)33,6-36-14(11)26)7-37-17-22-24-25-27(17)3-9(28)29/h4,11,14H,2-3,5-7H2,1H3,(H2,19,20)(H,21,30)(H,28,29)(H,32,33)/t11?,14-,18?/m1/s1. The number of carbonyl (C=O) groups is 4. The van der Waals surface area contributed by atoms with E-state index in [0.717, 1.165) is 27.8 Å². The van der Waals surface area contributed by atoms with Crippen molar-refractivity contribution in [2.75, 3.05) is 30.4 Å². The largest absolute Gasteiger partial charge is 0.481 e. The molecule has 37 heavy (non-hydrogen) atoms. The van der Waals surface area contributed by atoms with Crippen LogP contribution in [-0.4, -0.2) is 106 Å². The van der Waals surface area contributed by atoms with Crippen molar-refractivity contribution in [1.82, 2.24) is 35.4 Å². The van der Waals surface area contributed by atoms with Crippen molar-refractivity contribution in [2.24, 2.45) is 10.6 Å². The molecule has 4 rings (SSSR count). The number of anilines is 1. The highest BCUT2D eigenvalue weighted by molar-refractivity contribution is 8.00. The van der Waals surface area contributed by atoms with Gasteiger partial charge in [-0.05, 0) is 17.4 Å².